The number of carbonyl (C=O) groups excluding carboxylic acids is 1. The molecule has 0 unspecified atom stereocenters. The fraction of sp³-hybridized carbons (Fsp3) is 0.300. The Morgan fingerprint density at radius 3 is 2.94 bits per heavy atom. The van der Waals surface area contributed by atoms with Crippen LogP contribution in [0.4, 0.5) is 0 Å². The average molecular weight is 239 g/mol. The highest BCUT2D eigenvalue weighted by Crippen LogP contribution is 2.27. The molecule has 1 aliphatic rings. The molecule has 1 aliphatic heterocycles. The van der Waals surface area contributed by atoms with E-state index in [1.165, 1.54) is 17.4 Å². The van der Waals surface area contributed by atoms with E-state index in [2.05, 4.69) is 0 Å². The first-order valence-electron chi connectivity index (χ1n) is 4.69. The number of hydrogen-bond donors (Lipinski definition) is 0. The molecular weight excluding hydrogens is 230 g/mol. The van der Waals surface area contributed by atoms with E-state index in [1.54, 1.807) is 6.08 Å². The maximum atomic E-state index is 10.9. The zero-order valence-corrected chi connectivity index (χ0v) is 9.05. The molecule has 0 radical (unpaired) electrons. The zero-order valence-electron chi connectivity index (χ0n) is 8.24. The molecule has 0 saturated carbocycles. The van der Waals surface area contributed by atoms with E-state index in [0.717, 1.165) is 5.56 Å². The number of nitrogens with zero attached hydrogens (tertiary/aromatic N) is 1. The van der Waals surface area contributed by atoms with Gasteiger partial charge in [-0.1, -0.05) is 0 Å². The zero-order chi connectivity index (χ0) is 11.5. The molecule has 0 aromatic carbocycles. The Morgan fingerprint density at radius 1 is 1.62 bits per heavy atom. The lowest BCUT2D eigenvalue weighted by atomic mass is 9.96. The van der Waals surface area contributed by atoms with Gasteiger partial charge in [-0.15, -0.1) is 0 Å². The summed E-state index contributed by atoms with van der Waals surface area (Å²) in [6.45, 7) is -0.237. The molecule has 2 heterocycles. The molecule has 1 aromatic rings. The van der Waals surface area contributed by atoms with Gasteiger partial charge in [0, 0.05) is 11.0 Å². The van der Waals surface area contributed by atoms with Crippen LogP contribution in [0.3, 0.4) is 0 Å². The minimum Gasteiger partial charge on any atom is -0.454 e. The van der Waals surface area contributed by atoms with E-state index in [9.17, 15) is 14.9 Å². The topological polar surface area (TPSA) is 69.4 Å². The predicted molar refractivity (Wildman–Crippen MR) is 57.9 cm³/mol. The van der Waals surface area contributed by atoms with Gasteiger partial charge in [-0.05, 0) is 28.5 Å². The van der Waals surface area contributed by atoms with Gasteiger partial charge in [-0.3, -0.25) is 10.1 Å². The summed E-state index contributed by atoms with van der Waals surface area (Å²) in [5.74, 6) is -0.836. The maximum absolute atomic E-state index is 10.9. The highest BCUT2D eigenvalue weighted by molar-refractivity contribution is 7.07. The molecule has 0 spiro atoms. The van der Waals surface area contributed by atoms with E-state index in [-0.39, 0.29) is 11.5 Å². The smallest absolute Gasteiger partial charge is 0.331 e. The van der Waals surface area contributed by atoms with Gasteiger partial charge >= 0.3 is 5.97 Å². The second-order valence-electron chi connectivity index (χ2n) is 3.44. The molecule has 0 N–H and O–H groups in total. The number of thiophene rings is 1. The van der Waals surface area contributed by atoms with Crippen LogP contribution in [0.2, 0.25) is 0 Å². The van der Waals surface area contributed by atoms with Crippen molar-refractivity contribution in [1.29, 1.82) is 0 Å². The first kappa shape index (κ1) is 10.8. The van der Waals surface area contributed by atoms with Crippen molar-refractivity contribution in [2.45, 2.75) is 12.0 Å². The van der Waals surface area contributed by atoms with Crippen LogP contribution in [0.5, 0.6) is 0 Å². The van der Waals surface area contributed by atoms with E-state index >= 15 is 0 Å². The first-order valence-corrected chi connectivity index (χ1v) is 5.64. The third-order valence-corrected chi connectivity index (χ3v) is 3.09. The Bertz CT molecular complexity index is 426. The minimum atomic E-state index is -0.521. The van der Waals surface area contributed by atoms with E-state index in [4.69, 9.17) is 4.74 Å². The first-order chi connectivity index (χ1) is 7.66. The third-order valence-electron chi connectivity index (χ3n) is 2.39. The van der Waals surface area contributed by atoms with E-state index < -0.39 is 18.0 Å². The van der Waals surface area contributed by atoms with Gasteiger partial charge in [-0.25, -0.2) is 4.79 Å². The van der Waals surface area contributed by atoms with Crippen LogP contribution in [0.25, 0.3) is 0 Å². The molecule has 0 saturated heterocycles. The molecule has 16 heavy (non-hydrogen) atoms. The molecular formula is C10H9NO4S. The largest absolute Gasteiger partial charge is 0.454 e. The van der Waals surface area contributed by atoms with Gasteiger partial charge in [0.25, 0.3) is 0 Å². The number of nitro groups is 1. The van der Waals surface area contributed by atoms with Crippen molar-refractivity contribution in [1.82, 2.24) is 0 Å². The lowest BCUT2D eigenvalue weighted by Gasteiger charge is -2.16. The second-order valence-corrected chi connectivity index (χ2v) is 4.22. The van der Waals surface area contributed by atoms with Crippen molar-refractivity contribution in [2.75, 3.05) is 6.54 Å². The third kappa shape index (κ3) is 2.27. The minimum absolute atomic E-state index is 0.237. The van der Waals surface area contributed by atoms with Crippen molar-refractivity contribution >= 4 is 17.3 Å². The molecule has 0 fully saturated rings. The molecule has 5 nitrogen and oxygen atoms in total. The van der Waals surface area contributed by atoms with E-state index in [0.29, 0.717) is 0 Å². The van der Waals surface area contributed by atoms with Crippen LogP contribution in [0.1, 0.15) is 11.5 Å². The summed E-state index contributed by atoms with van der Waals surface area (Å²) in [4.78, 5) is 21.1. The van der Waals surface area contributed by atoms with Gasteiger partial charge < -0.3 is 4.74 Å². The van der Waals surface area contributed by atoms with Gasteiger partial charge in [0.05, 0.1) is 5.92 Å². The summed E-state index contributed by atoms with van der Waals surface area (Å²) >= 11 is 1.47. The van der Waals surface area contributed by atoms with Crippen molar-refractivity contribution in [3.63, 3.8) is 0 Å². The highest BCUT2D eigenvalue weighted by Gasteiger charge is 2.31. The molecule has 1 aromatic heterocycles. The highest BCUT2D eigenvalue weighted by atomic mass is 32.1. The Labute approximate surface area is 95.5 Å². The summed E-state index contributed by atoms with van der Waals surface area (Å²) in [5, 5.41) is 14.3. The van der Waals surface area contributed by atoms with E-state index in [1.807, 2.05) is 16.8 Å². The van der Waals surface area contributed by atoms with Gasteiger partial charge in [0.15, 0.2) is 0 Å². The van der Waals surface area contributed by atoms with Gasteiger partial charge in [0.1, 0.15) is 6.10 Å². The quantitative estimate of drug-likeness (QED) is 0.454. The Hall–Kier alpha value is -1.69. The summed E-state index contributed by atoms with van der Waals surface area (Å²) < 4.78 is 5.00. The van der Waals surface area contributed by atoms with Crippen molar-refractivity contribution < 1.29 is 14.5 Å². The SMILES string of the molecule is O=C1C=C[C@H]([C@@H](C[N+](=O)[O-])c2ccsc2)O1. The lowest BCUT2D eigenvalue weighted by Crippen LogP contribution is -2.25. The van der Waals surface area contributed by atoms with Crippen LogP contribution < -0.4 is 0 Å². The number of ether oxygens (including phenoxy) is 1. The number of carbonyl (C=O) groups is 1. The maximum Gasteiger partial charge on any atom is 0.331 e. The summed E-state index contributed by atoms with van der Waals surface area (Å²) in [6, 6.07) is 1.82. The number of hydrogen-bond acceptors (Lipinski definition) is 5. The van der Waals surface area contributed by atoms with Crippen LogP contribution in [-0.4, -0.2) is 23.5 Å². The summed E-state index contributed by atoms with van der Waals surface area (Å²) in [6.07, 6.45) is 2.37. The predicted octanol–water partition coefficient (Wildman–Crippen LogP) is 1.59. The van der Waals surface area contributed by atoms with Gasteiger partial charge in [-0.2, -0.15) is 11.3 Å². The number of rotatable bonds is 4. The normalized spacial score (nSPS) is 20.8. The van der Waals surface area contributed by atoms with Crippen molar-refractivity contribution in [3.8, 4) is 0 Å². The van der Waals surface area contributed by atoms with Crippen LogP contribution in [-0.2, 0) is 9.53 Å². The Kier molecular flexibility index (Phi) is 3.00. The number of esters is 1. The molecule has 84 valence electrons. The van der Waals surface area contributed by atoms with Crippen molar-refractivity contribution in [2.24, 2.45) is 0 Å². The molecule has 6 heteroatoms. The average Bonchev–Trinajstić information content (AvgIpc) is 2.84. The summed E-state index contributed by atoms with van der Waals surface area (Å²) in [7, 11) is 0. The molecule has 0 amide bonds. The van der Waals surface area contributed by atoms with Crippen molar-refractivity contribution in [3.05, 3.63) is 44.7 Å². The molecule has 0 bridgehead atoms. The standard InChI is InChI=1S/C10H9NO4S/c12-10-2-1-9(15-10)8(5-11(13)14)7-3-4-16-6-7/h1-4,6,8-9H,5H2/t8-,9+/m0/s1. The Balaban J connectivity index is 2.18. The summed E-state index contributed by atoms with van der Waals surface area (Å²) in [5.41, 5.74) is 0.839. The molecule has 2 atom stereocenters. The lowest BCUT2D eigenvalue weighted by molar-refractivity contribution is -0.484. The van der Waals surface area contributed by atoms with Crippen LogP contribution in [0, 0.1) is 10.1 Å². The second kappa shape index (κ2) is 4.44. The van der Waals surface area contributed by atoms with Gasteiger partial charge in [0.2, 0.25) is 6.54 Å². The number of cyclic esters (lactones) is 1. The molecule has 2 rings (SSSR count). The fourth-order valence-electron chi connectivity index (χ4n) is 1.65. The van der Waals surface area contributed by atoms with Crippen LogP contribution in [0.15, 0.2) is 29.0 Å². The van der Waals surface area contributed by atoms with Crippen LogP contribution >= 0.6 is 11.3 Å². The Morgan fingerprint density at radius 2 is 2.44 bits per heavy atom. The molecule has 0 aliphatic carbocycles. The monoisotopic (exact) mass is 239 g/mol. The fourth-order valence-corrected chi connectivity index (χ4v) is 2.37.